The molecule has 0 rings (SSSR count). The van der Waals surface area contributed by atoms with Crippen LogP contribution in [0.4, 0.5) is 0 Å². The molecule has 0 aromatic heterocycles. The van der Waals surface area contributed by atoms with Gasteiger partial charge in [0.2, 0.25) is 0 Å². The second-order valence-electron chi connectivity index (χ2n) is 16.7. The zero-order valence-electron chi connectivity index (χ0n) is 38.4. The van der Waals surface area contributed by atoms with Crippen molar-refractivity contribution in [3.05, 3.63) is 60.8 Å². The average molecular weight is 850 g/mol. The number of unbranched alkanes of at least 4 members (excludes halogenated alkanes) is 18. The Balaban J connectivity index is 4.27. The van der Waals surface area contributed by atoms with E-state index in [1.807, 2.05) is 21.1 Å². The van der Waals surface area contributed by atoms with Crippen molar-refractivity contribution in [2.75, 3.05) is 47.5 Å². The van der Waals surface area contributed by atoms with Crippen LogP contribution >= 0.6 is 7.82 Å². The van der Waals surface area contributed by atoms with E-state index >= 15 is 0 Å². The summed E-state index contributed by atoms with van der Waals surface area (Å²) >= 11 is 0. The maximum Gasteiger partial charge on any atom is 0.306 e. The number of hydrogen-bond donors (Lipinski definition) is 0. The zero-order valence-corrected chi connectivity index (χ0v) is 39.3. The van der Waals surface area contributed by atoms with Crippen LogP contribution in [-0.2, 0) is 32.7 Å². The molecule has 0 bridgehead atoms. The number of carbonyl (C=O) groups excluding carboxylic acids is 2. The average Bonchev–Trinajstić information content (AvgIpc) is 3.19. The Hall–Kier alpha value is -2.29. The molecule has 0 aromatic rings. The van der Waals surface area contributed by atoms with Crippen molar-refractivity contribution >= 4 is 19.8 Å². The first-order chi connectivity index (χ1) is 28.5. The number of allylic oxidation sites excluding steroid dienone is 10. The Morgan fingerprint density at radius 1 is 0.542 bits per heavy atom. The zero-order chi connectivity index (χ0) is 43.6. The van der Waals surface area contributed by atoms with Crippen LogP contribution in [0.5, 0.6) is 0 Å². The number of carbonyl (C=O) groups is 2. The van der Waals surface area contributed by atoms with E-state index in [0.717, 1.165) is 89.9 Å². The molecule has 0 aliphatic rings. The van der Waals surface area contributed by atoms with Crippen LogP contribution in [0.2, 0.25) is 0 Å². The lowest BCUT2D eigenvalue weighted by Gasteiger charge is -2.28. The molecule has 342 valence electrons. The number of ether oxygens (including phenoxy) is 2. The number of likely N-dealkylation sites (N-methyl/N-ethyl adjacent to an activating group) is 1. The fourth-order valence-corrected chi connectivity index (χ4v) is 6.84. The van der Waals surface area contributed by atoms with Crippen LogP contribution in [0, 0.1) is 0 Å². The Labute approximate surface area is 362 Å². The van der Waals surface area contributed by atoms with E-state index in [1.165, 1.54) is 64.2 Å². The predicted octanol–water partition coefficient (Wildman–Crippen LogP) is 13.0. The number of esters is 2. The molecule has 9 nitrogen and oxygen atoms in total. The third kappa shape index (κ3) is 45.1. The molecule has 2 atom stereocenters. The second kappa shape index (κ2) is 41.1. The molecule has 2 unspecified atom stereocenters. The van der Waals surface area contributed by atoms with Gasteiger partial charge in [-0.15, -0.1) is 0 Å². The summed E-state index contributed by atoms with van der Waals surface area (Å²) in [6.45, 7) is 4.07. The molecule has 0 aromatic carbocycles. The molecular formula is C49H88NO8P. The summed E-state index contributed by atoms with van der Waals surface area (Å²) in [5.74, 6) is -0.852. The summed E-state index contributed by atoms with van der Waals surface area (Å²) < 4.78 is 33.9. The van der Waals surface area contributed by atoms with Crippen molar-refractivity contribution in [1.29, 1.82) is 0 Å². The van der Waals surface area contributed by atoms with Crippen molar-refractivity contribution in [1.82, 2.24) is 0 Å². The van der Waals surface area contributed by atoms with Crippen molar-refractivity contribution in [2.24, 2.45) is 0 Å². The van der Waals surface area contributed by atoms with Crippen LogP contribution in [0.3, 0.4) is 0 Å². The van der Waals surface area contributed by atoms with E-state index in [9.17, 15) is 19.0 Å². The first-order valence-corrected chi connectivity index (χ1v) is 25.0. The van der Waals surface area contributed by atoms with E-state index in [4.69, 9.17) is 18.5 Å². The van der Waals surface area contributed by atoms with Gasteiger partial charge in [-0.25, -0.2) is 0 Å². The lowest BCUT2D eigenvalue weighted by atomic mass is 10.0. The molecule has 0 spiro atoms. The summed E-state index contributed by atoms with van der Waals surface area (Å²) in [5.41, 5.74) is 0. The third-order valence-corrected chi connectivity index (χ3v) is 10.7. The van der Waals surface area contributed by atoms with Crippen molar-refractivity contribution in [2.45, 2.75) is 193 Å². The summed E-state index contributed by atoms with van der Waals surface area (Å²) in [5, 5.41) is 0. The fraction of sp³-hybridized carbons (Fsp3) is 0.755. The molecular weight excluding hydrogens is 762 g/mol. The van der Waals surface area contributed by atoms with Crippen LogP contribution in [-0.4, -0.2) is 70.0 Å². The predicted molar refractivity (Wildman–Crippen MR) is 245 cm³/mol. The van der Waals surface area contributed by atoms with Crippen LogP contribution in [0.15, 0.2) is 60.8 Å². The molecule has 0 fully saturated rings. The lowest BCUT2D eigenvalue weighted by Crippen LogP contribution is -2.37. The maximum absolute atomic E-state index is 12.7. The molecule has 0 radical (unpaired) electrons. The first kappa shape index (κ1) is 56.7. The molecule has 0 N–H and O–H groups in total. The van der Waals surface area contributed by atoms with Gasteiger partial charge in [0.25, 0.3) is 7.82 Å². The lowest BCUT2D eigenvalue weighted by molar-refractivity contribution is -0.870. The third-order valence-electron chi connectivity index (χ3n) is 9.77. The SMILES string of the molecule is CC/C=C\C/C=C\C/C=C\C/C=C\CCCCCCCCCCCCC(=O)OC(COC(=O)CCCCCCC/C=C\CCCCC)COP(=O)([O-])OCC[N+](C)(C)C. The van der Waals surface area contributed by atoms with Crippen molar-refractivity contribution < 1.29 is 42.1 Å². The van der Waals surface area contributed by atoms with Gasteiger partial charge in [-0.2, -0.15) is 0 Å². The van der Waals surface area contributed by atoms with E-state index in [0.29, 0.717) is 17.4 Å². The van der Waals surface area contributed by atoms with Gasteiger partial charge in [0.15, 0.2) is 6.10 Å². The Morgan fingerprint density at radius 2 is 0.966 bits per heavy atom. The number of rotatable bonds is 42. The smallest absolute Gasteiger partial charge is 0.306 e. The minimum Gasteiger partial charge on any atom is -0.756 e. The minimum absolute atomic E-state index is 0.0350. The molecule has 0 heterocycles. The molecule has 0 aliphatic carbocycles. The highest BCUT2D eigenvalue weighted by Crippen LogP contribution is 2.38. The van der Waals surface area contributed by atoms with Crippen molar-refractivity contribution in [3.63, 3.8) is 0 Å². The van der Waals surface area contributed by atoms with Gasteiger partial charge in [0.1, 0.15) is 19.8 Å². The van der Waals surface area contributed by atoms with Gasteiger partial charge in [0, 0.05) is 12.8 Å². The summed E-state index contributed by atoms with van der Waals surface area (Å²) in [6, 6.07) is 0. The number of phosphoric ester groups is 1. The van der Waals surface area contributed by atoms with Gasteiger partial charge in [-0.3, -0.25) is 14.2 Å². The van der Waals surface area contributed by atoms with Crippen molar-refractivity contribution in [3.8, 4) is 0 Å². The summed E-state index contributed by atoms with van der Waals surface area (Å²) in [7, 11) is 1.15. The summed E-state index contributed by atoms with van der Waals surface area (Å²) in [4.78, 5) is 37.6. The number of phosphoric acid groups is 1. The van der Waals surface area contributed by atoms with E-state index < -0.39 is 32.5 Å². The molecule has 0 amide bonds. The first-order valence-electron chi connectivity index (χ1n) is 23.5. The van der Waals surface area contributed by atoms with Gasteiger partial charge in [-0.1, -0.05) is 158 Å². The highest BCUT2D eigenvalue weighted by atomic mass is 31.2. The number of hydrogen-bond acceptors (Lipinski definition) is 8. The van der Waals surface area contributed by atoms with Gasteiger partial charge < -0.3 is 27.9 Å². The second-order valence-corrected chi connectivity index (χ2v) is 18.1. The molecule has 0 saturated heterocycles. The van der Waals surface area contributed by atoms with Crippen LogP contribution < -0.4 is 4.89 Å². The van der Waals surface area contributed by atoms with Gasteiger partial charge in [-0.05, 0) is 77.0 Å². The van der Waals surface area contributed by atoms with E-state index in [-0.39, 0.29) is 26.1 Å². The topological polar surface area (TPSA) is 111 Å². The molecule has 59 heavy (non-hydrogen) atoms. The van der Waals surface area contributed by atoms with Crippen LogP contribution in [0.1, 0.15) is 187 Å². The molecule has 0 saturated carbocycles. The monoisotopic (exact) mass is 850 g/mol. The van der Waals surface area contributed by atoms with E-state index in [2.05, 4.69) is 74.6 Å². The van der Waals surface area contributed by atoms with Gasteiger partial charge in [0.05, 0.1) is 27.7 Å². The normalized spacial score (nSPS) is 14.1. The molecule has 0 aliphatic heterocycles. The number of quaternary nitrogens is 1. The molecule has 10 heteroatoms. The standard InChI is InChI=1S/C49H88NO8P/c1-6-8-10-12-14-16-18-20-21-22-23-24-25-26-27-28-29-30-32-34-36-38-40-42-49(52)58-47(46-57-59(53,54)56-44-43-50(3,4)5)45-55-48(51)41-39-37-35-33-31-19-17-15-13-11-9-7-2/h8,10,14-17,20-21,23-24,47H,6-7,9,11-13,18-19,22,25-46H2,1-5H3/b10-8-,16-14-,17-15-,21-20-,24-23-. The maximum atomic E-state index is 12.7. The van der Waals surface area contributed by atoms with Gasteiger partial charge >= 0.3 is 11.9 Å². The summed E-state index contributed by atoms with van der Waals surface area (Å²) in [6.07, 6.45) is 49.6. The van der Waals surface area contributed by atoms with E-state index in [1.54, 1.807) is 0 Å². The van der Waals surface area contributed by atoms with Crippen LogP contribution in [0.25, 0.3) is 0 Å². The Bertz CT molecular complexity index is 1190. The fourth-order valence-electron chi connectivity index (χ4n) is 6.11. The minimum atomic E-state index is -4.63. The number of nitrogens with zero attached hydrogens (tertiary/aromatic N) is 1. The highest BCUT2D eigenvalue weighted by Gasteiger charge is 2.21. The largest absolute Gasteiger partial charge is 0.756 e. The highest BCUT2D eigenvalue weighted by molar-refractivity contribution is 7.45. The Kier molecular flexibility index (Phi) is 39.5. The Morgan fingerprint density at radius 3 is 1.46 bits per heavy atom. The quantitative estimate of drug-likeness (QED) is 0.0196.